The number of carboxylic acid groups (broad SMARTS) is 1. The maximum Gasteiger partial charge on any atom is 0.404 e. The molecular formula is C15H22N6O13P2S. The average Bonchev–Trinajstić information content (AvgIpc) is 2.77. The number of primary amides is 1. The van der Waals surface area contributed by atoms with Crippen molar-refractivity contribution in [3.63, 3.8) is 0 Å². The highest BCUT2D eigenvalue weighted by Crippen LogP contribution is 2.70. The summed E-state index contributed by atoms with van der Waals surface area (Å²) in [5.41, 5.74) is 10.5. The van der Waals surface area contributed by atoms with Crippen molar-refractivity contribution < 1.29 is 62.9 Å². The van der Waals surface area contributed by atoms with E-state index in [1.165, 1.54) is 0 Å². The van der Waals surface area contributed by atoms with Crippen LogP contribution in [0.2, 0.25) is 0 Å². The van der Waals surface area contributed by atoms with E-state index in [2.05, 4.69) is 14.8 Å². The molecule has 1 saturated heterocycles. The molecule has 0 aromatic rings. The minimum Gasteiger partial charge on any atom is -0.477 e. The van der Waals surface area contributed by atoms with Gasteiger partial charge in [0.15, 0.2) is 4.90 Å². The van der Waals surface area contributed by atoms with Crippen LogP contribution in [0.5, 0.6) is 0 Å². The van der Waals surface area contributed by atoms with Gasteiger partial charge in [-0.3, -0.25) is 28.8 Å². The summed E-state index contributed by atoms with van der Waals surface area (Å²) >= 11 is 0.747. The largest absolute Gasteiger partial charge is 0.477 e. The second-order valence-corrected chi connectivity index (χ2v) is 13.6. The van der Waals surface area contributed by atoms with Crippen LogP contribution in [-0.4, -0.2) is 98.4 Å². The third kappa shape index (κ3) is 5.34. The van der Waals surface area contributed by atoms with E-state index >= 15 is 0 Å². The number of thioether (sulfide) groups is 1. The first-order chi connectivity index (χ1) is 16.9. The second kappa shape index (κ2) is 10.6. The lowest BCUT2D eigenvalue weighted by atomic mass is 9.86. The third-order valence-corrected chi connectivity index (χ3v) is 11.7. The van der Waals surface area contributed by atoms with Crippen molar-refractivity contribution in [2.75, 3.05) is 18.9 Å². The number of ether oxygens (including phenoxy) is 1. The number of nitrogens with two attached hydrogens (primary N) is 1. The molecule has 2 heterocycles. The molecule has 2 unspecified atom stereocenters. The minimum atomic E-state index is -5.37. The number of carbonyl (C=O) groups excluding carboxylic acids is 3. The van der Waals surface area contributed by atoms with Gasteiger partial charge in [0.25, 0.3) is 11.8 Å². The van der Waals surface area contributed by atoms with Crippen molar-refractivity contribution in [3.05, 3.63) is 21.7 Å². The quantitative estimate of drug-likeness (QED) is 0.0233. The fourth-order valence-electron chi connectivity index (χ4n) is 3.60. The van der Waals surface area contributed by atoms with E-state index in [1.807, 2.05) is 0 Å². The van der Waals surface area contributed by atoms with Gasteiger partial charge in [0.05, 0.1) is 0 Å². The van der Waals surface area contributed by atoms with Crippen molar-refractivity contribution in [1.82, 2.24) is 9.96 Å². The van der Waals surface area contributed by atoms with Crippen molar-refractivity contribution >= 4 is 50.8 Å². The van der Waals surface area contributed by atoms with Gasteiger partial charge in [-0.1, -0.05) is 5.11 Å². The van der Waals surface area contributed by atoms with Gasteiger partial charge in [-0.15, -0.1) is 11.8 Å². The van der Waals surface area contributed by atoms with E-state index in [0.717, 1.165) is 11.8 Å². The summed E-state index contributed by atoms with van der Waals surface area (Å²) in [7, 11) is -10.7. The SMILES string of the molecule is CC(CCCN(O)C(=O)C1(N=[N+]=[N-])C(=O)N2C(C(=O)O)=C(COC(N)=O)CSC21)(P(=O)(O)O)P(=O)(O)O. The molecule has 0 spiro atoms. The Morgan fingerprint density at radius 3 is 2.35 bits per heavy atom. The summed E-state index contributed by atoms with van der Waals surface area (Å²) in [5, 5.41) is 21.5. The van der Waals surface area contributed by atoms with Crippen molar-refractivity contribution in [3.8, 4) is 0 Å². The van der Waals surface area contributed by atoms with Crippen molar-refractivity contribution in [2.24, 2.45) is 10.8 Å². The second-order valence-electron chi connectivity index (χ2n) is 8.00. The fraction of sp³-hybridized carbons (Fsp3) is 0.600. The van der Waals surface area contributed by atoms with E-state index in [-0.39, 0.29) is 16.4 Å². The van der Waals surface area contributed by atoms with Gasteiger partial charge in [0.2, 0.25) is 5.54 Å². The number of nitrogens with zero attached hydrogens (tertiary/aromatic N) is 5. The molecule has 2 rings (SSSR count). The van der Waals surface area contributed by atoms with Crippen LogP contribution in [0.15, 0.2) is 16.4 Å². The molecule has 8 N–H and O–H groups in total. The number of β-lactam (4-membered cyclic amide) rings is 1. The molecule has 2 aliphatic heterocycles. The Labute approximate surface area is 211 Å². The Morgan fingerprint density at radius 2 is 1.89 bits per heavy atom. The zero-order chi connectivity index (χ0) is 28.6. The lowest BCUT2D eigenvalue weighted by molar-refractivity contribution is -0.184. The number of hydrogen-bond acceptors (Lipinski definition) is 10. The lowest BCUT2D eigenvalue weighted by Crippen LogP contribution is -2.77. The van der Waals surface area contributed by atoms with E-state index < -0.39 is 86.6 Å². The van der Waals surface area contributed by atoms with E-state index in [1.54, 1.807) is 0 Å². The monoisotopic (exact) mass is 588 g/mol. The van der Waals surface area contributed by atoms with Gasteiger partial charge < -0.3 is 35.2 Å². The highest BCUT2D eigenvalue weighted by atomic mass is 32.2. The van der Waals surface area contributed by atoms with Crippen LogP contribution in [0.1, 0.15) is 19.8 Å². The molecule has 0 aromatic heterocycles. The molecule has 3 amide bonds. The molecule has 2 atom stereocenters. The Kier molecular flexibility index (Phi) is 8.76. The van der Waals surface area contributed by atoms with E-state index in [4.69, 9.17) is 11.3 Å². The van der Waals surface area contributed by atoms with Crippen LogP contribution in [0.3, 0.4) is 0 Å². The highest BCUT2D eigenvalue weighted by Gasteiger charge is 2.70. The van der Waals surface area contributed by atoms with Crippen molar-refractivity contribution in [2.45, 2.75) is 35.6 Å². The average molecular weight is 588 g/mol. The Morgan fingerprint density at radius 1 is 1.32 bits per heavy atom. The van der Waals surface area contributed by atoms with Crippen LogP contribution < -0.4 is 5.73 Å². The van der Waals surface area contributed by atoms with Gasteiger partial charge in [0, 0.05) is 22.8 Å². The third-order valence-electron chi connectivity index (χ3n) is 5.76. The number of hydroxylamine groups is 2. The number of amides is 3. The highest BCUT2D eigenvalue weighted by molar-refractivity contribution is 8.00. The first-order valence-electron chi connectivity index (χ1n) is 9.88. The summed E-state index contributed by atoms with van der Waals surface area (Å²) in [4.78, 5) is 86.5. The Bertz CT molecular complexity index is 1170. The standard InChI is InChI=1S/C15H22N6O13P2S/c1-14(35(28,29)30,36(31,32)33)3-2-4-20(27)10(24)15(18-19-17)11(25)21-8(9(22)23)7(5-34-13(16)26)6-37-12(15)21/h12,27H,2-6H2,1H3,(H2,16,26)(H,22,23)(H2,28,29,30)(H2,31,32,33). The molecule has 1 fully saturated rings. The number of carboxylic acids is 1. The molecule has 0 saturated carbocycles. The molecule has 37 heavy (non-hydrogen) atoms. The summed E-state index contributed by atoms with van der Waals surface area (Å²) < 4.78 is 27.9. The molecule has 206 valence electrons. The predicted octanol–water partition coefficient (Wildman–Crippen LogP) is -0.546. The fourth-order valence-corrected chi connectivity index (χ4v) is 7.27. The summed E-state index contributed by atoms with van der Waals surface area (Å²) in [6.45, 7) is -0.765. The van der Waals surface area contributed by atoms with Gasteiger partial charge in [-0.2, -0.15) is 0 Å². The first kappa shape index (κ1) is 30.6. The van der Waals surface area contributed by atoms with Crippen LogP contribution in [0, 0.1) is 0 Å². The van der Waals surface area contributed by atoms with Gasteiger partial charge in [0.1, 0.15) is 17.7 Å². The Balaban J connectivity index is 2.30. The minimum absolute atomic E-state index is 0.0575. The molecular weight excluding hydrogens is 566 g/mol. The van der Waals surface area contributed by atoms with Crippen molar-refractivity contribution in [1.29, 1.82) is 0 Å². The van der Waals surface area contributed by atoms with Gasteiger partial charge >= 0.3 is 27.3 Å². The smallest absolute Gasteiger partial charge is 0.404 e. The lowest BCUT2D eigenvalue weighted by Gasteiger charge is -2.54. The Hall–Kier alpha value is -2.66. The zero-order valence-electron chi connectivity index (χ0n) is 18.8. The van der Waals surface area contributed by atoms with E-state index in [0.29, 0.717) is 11.8 Å². The zero-order valence-corrected chi connectivity index (χ0v) is 21.4. The molecule has 0 aromatic carbocycles. The molecule has 22 heteroatoms. The normalized spacial score (nSPS) is 21.9. The number of azide groups is 1. The number of aliphatic carboxylic acids is 1. The van der Waals surface area contributed by atoms with Crippen LogP contribution in [0.25, 0.3) is 10.4 Å². The number of carbonyl (C=O) groups is 4. The maximum atomic E-state index is 13.0. The number of rotatable bonds is 11. The molecule has 0 bridgehead atoms. The molecule has 19 nitrogen and oxygen atoms in total. The topological polar surface area (TPSA) is 314 Å². The first-order valence-corrected chi connectivity index (χ1v) is 14.1. The van der Waals surface area contributed by atoms with Crippen LogP contribution in [-0.2, 0) is 28.3 Å². The summed E-state index contributed by atoms with van der Waals surface area (Å²) in [5.74, 6) is -4.71. The molecule has 0 radical (unpaired) electrons. The predicted molar refractivity (Wildman–Crippen MR) is 120 cm³/mol. The summed E-state index contributed by atoms with van der Waals surface area (Å²) in [6.07, 6.45) is -2.66. The van der Waals surface area contributed by atoms with Gasteiger partial charge in [-0.05, 0) is 25.3 Å². The van der Waals surface area contributed by atoms with E-state index in [9.17, 15) is 58.2 Å². The molecule has 2 aliphatic rings. The maximum absolute atomic E-state index is 13.0. The van der Waals surface area contributed by atoms with Crippen LogP contribution >= 0.6 is 27.0 Å². The van der Waals surface area contributed by atoms with Crippen LogP contribution in [0.4, 0.5) is 4.79 Å². The van der Waals surface area contributed by atoms with Gasteiger partial charge in [-0.25, -0.2) is 14.7 Å². The summed E-state index contributed by atoms with van der Waals surface area (Å²) in [6, 6.07) is 0. The number of hydrogen-bond donors (Lipinski definition) is 7. The number of fused-ring (bicyclic) bond motifs is 1. The molecule has 0 aliphatic carbocycles.